The third-order valence-electron chi connectivity index (χ3n) is 3.27. The van der Waals surface area contributed by atoms with E-state index in [4.69, 9.17) is 0 Å². The zero-order valence-corrected chi connectivity index (χ0v) is 14.4. The smallest absolute Gasteiger partial charge is 0.0686 e. The number of benzene rings is 2. The average Bonchev–Trinajstić information content (AvgIpc) is 2.49. The third-order valence-corrected chi connectivity index (χ3v) is 5.41. The van der Waals surface area contributed by atoms with Crippen LogP contribution in [-0.4, -0.2) is 0 Å². The van der Waals surface area contributed by atoms with E-state index in [1.54, 1.807) is 0 Å². The zero-order chi connectivity index (χ0) is 12.2. The van der Waals surface area contributed by atoms with Crippen LogP contribution in [0.2, 0.25) is 0 Å². The molecule has 0 aliphatic heterocycles. The van der Waals surface area contributed by atoms with Gasteiger partial charge in [-0.15, -0.1) is 0 Å². The van der Waals surface area contributed by atoms with Crippen molar-refractivity contribution in [3.63, 3.8) is 0 Å². The van der Waals surface area contributed by atoms with Crippen LogP contribution in [0, 0.1) is 0 Å². The first-order valence-electron chi connectivity index (χ1n) is 5.29. The van der Waals surface area contributed by atoms with Crippen LogP contribution >= 0.6 is 54.5 Å². The molecule has 0 nitrogen and oxygen atoms in total. The van der Waals surface area contributed by atoms with Crippen molar-refractivity contribution in [3.05, 3.63) is 56.5 Å². The predicted molar refractivity (Wildman–Crippen MR) is 87.8 cm³/mol. The summed E-state index contributed by atoms with van der Waals surface area (Å²) in [6.07, 6.45) is 0. The highest BCUT2D eigenvalue weighted by Gasteiger charge is 2.37. The molecular formula is C14H9Br2I. The van der Waals surface area contributed by atoms with E-state index in [2.05, 4.69) is 97.8 Å². The molecule has 0 amide bonds. The monoisotopic (exact) mass is 462 g/mol. The highest BCUT2D eigenvalue weighted by molar-refractivity contribution is 14.1. The molecule has 0 radical (unpaired) electrons. The Labute approximate surface area is 131 Å². The molecule has 1 aliphatic rings. The maximum Gasteiger partial charge on any atom is 0.0703 e. The average molecular weight is 464 g/mol. The van der Waals surface area contributed by atoms with Crippen LogP contribution in [0.3, 0.4) is 0 Å². The van der Waals surface area contributed by atoms with Gasteiger partial charge < -0.3 is 0 Å². The normalized spacial score (nSPS) is 15.5. The molecule has 0 bridgehead atoms. The molecule has 86 valence electrons. The highest BCUT2D eigenvalue weighted by Crippen LogP contribution is 2.53. The summed E-state index contributed by atoms with van der Waals surface area (Å²) < 4.78 is 2.34. The second-order valence-electron chi connectivity index (χ2n) is 4.38. The largest absolute Gasteiger partial charge is 0.0703 e. The summed E-state index contributed by atoms with van der Waals surface area (Å²) in [5, 5.41) is 0. The maximum atomic E-state index is 3.56. The molecule has 2 aromatic rings. The van der Waals surface area contributed by atoms with Crippen molar-refractivity contribution in [1.29, 1.82) is 0 Å². The molecule has 0 N–H and O–H groups in total. The first-order chi connectivity index (χ1) is 8.00. The van der Waals surface area contributed by atoms with Crippen molar-refractivity contribution in [2.45, 2.75) is 10.3 Å². The fraction of sp³-hybridized carbons (Fsp3) is 0.143. The van der Waals surface area contributed by atoms with Gasteiger partial charge in [-0.1, -0.05) is 66.6 Å². The molecule has 0 saturated carbocycles. The number of halogens is 3. The molecule has 0 fully saturated rings. The van der Waals surface area contributed by atoms with Crippen molar-refractivity contribution in [2.75, 3.05) is 0 Å². The van der Waals surface area contributed by atoms with E-state index >= 15 is 0 Å². The Kier molecular flexibility index (Phi) is 2.91. The van der Waals surface area contributed by atoms with E-state index in [0.717, 1.165) is 8.95 Å². The third kappa shape index (κ3) is 1.81. The molecule has 0 heterocycles. The summed E-state index contributed by atoms with van der Waals surface area (Å²) in [5.74, 6) is 0. The van der Waals surface area contributed by atoms with Gasteiger partial charge in [0.25, 0.3) is 0 Å². The lowest BCUT2D eigenvalue weighted by Crippen LogP contribution is -2.10. The lowest BCUT2D eigenvalue weighted by atomic mass is 9.99. The Morgan fingerprint density at radius 2 is 1.29 bits per heavy atom. The van der Waals surface area contributed by atoms with Gasteiger partial charge in [0.15, 0.2) is 0 Å². The highest BCUT2D eigenvalue weighted by atomic mass is 127. The Balaban J connectivity index is 2.37. The van der Waals surface area contributed by atoms with Crippen molar-refractivity contribution in [3.8, 4) is 11.1 Å². The molecule has 0 saturated heterocycles. The summed E-state index contributed by atoms with van der Waals surface area (Å²) in [6, 6.07) is 13.1. The molecule has 0 atom stereocenters. The Hall–Kier alpha value is 0.130. The van der Waals surface area contributed by atoms with E-state index in [0.29, 0.717) is 0 Å². The van der Waals surface area contributed by atoms with Crippen LogP contribution in [-0.2, 0) is 3.42 Å². The molecule has 3 heteroatoms. The zero-order valence-electron chi connectivity index (χ0n) is 9.10. The number of fused-ring (bicyclic) bond motifs is 3. The Morgan fingerprint density at radius 3 is 1.71 bits per heavy atom. The summed E-state index contributed by atoms with van der Waals surface area (Å²) >= 11 is 9.67. The fourth-order valence-corrected chi connectivity index (χ4v) is 4.04. The van der Waals surface area contributed by atoms with Crippen LogP contribution in [0.25, 0.3) is 11.1 Å². The number of hydrogen-bond donors (Lipinski definition) is 0. The van der Waals surface area contributed by atoms with E-state index in [1.807, 2.05) is 0 Å². The van der Waals surface area contributed by atoms with Crippen molar-refractivity contribution in [1.82, 2.24) is 0 Å². The van der Waals surface area contributed by atoms with Gasteiger partial charge in [-0.05, 0) is 53.4 Å². The lowest BCUT2D eigenvalue weighted by Gasteiger charge is -2.19. The van der Waals surface area contributed by atoms with E-state index in [1.165, 1.54) is 22.3 Å². The van der Waals surface area contributed by atoms with E-state index < -0.39 is 0 Å². The topological polar surface area (TPSA) is 0 Å². The van der Waals surface area contributed by atoms with Crippen LogP contribution < -0.4 is 0 Å². The van der Waals surface area contributed by atoms with Crippen LogP contribution in [0.1, 0.15) is 18.1 Å². The quantitative estimate of drug-likeness (QED) is 0.337. The SMILES string of the molecule is CC1(I)c2cc(Br)ccc2-c2ccc(Br)cc21. The van der Waals surface area contributed by atoms with Crippen LogP contribution in [0.5, 0.6) is 0 Å². The number of hydrogen-bond acceptors (Lipinski definition) is 0. The number of alkyl halides is 1. The van der Waals surface area contributed by atoms with Gasteiger partial charge in [0.1, 0.15) is 0 Å². The minimum Gasteiger partial charge on any atom is -0.0686 e. The minimum atomic E-state index is 0.0516. The second kappa shape index (κ2) is 4.07. The summed E-state index contributed by atoms with van der Waals surface area (Å²) in [7, 11) is 0. The van der Waals surface area contributed by atoms with Crippen molar-refractivity contribution >= 4 is 54.5 Å². The molecule has 0 unspecified atom stereocenters. The Morgan fingerprint density at radius 1 is 0.882 bits per heavy atom. The van der Waals surface area contributed by atoms with Gasteiger partial charge in [-0.3, -0.25) is 0 Å². The lowest BCUT2D eigenvalue weighted by molar-refractivity contribution is 0.913. The standard InChI is InChI=1S/C14H9Br2I/c1-14(17)12-6-8(15)2-4-10(12)11-5-3-9(16)7-13(11)14/h2-7H,1H3. The van der Waals surface area contributed by atoms with E-state index in [-0.39, 0.29) is 3.42 Å². The number of rotatable bonds is 0. The minimum absolute atomic E-state index is 0.0516. The van der Waals surface area contributed by atoms with Gasteiger partial charge in [-0.2, -0.15) is 0 Å². The molecule has 1 aliphatic carbocycles. The molecule has 17 heavy (non-hydrogen) atoms. The van der Waals surface area contributed by atoms with Gasteiger partial charge in [-0.25, -0.2) is 0 Å². The van der Waals surface area contributed by atoms with Crippen LogP contribution in [0.15, 0.2) is 45.3 Å². The van der Waals surface area contributed by atoms with Crippen molar-refractivity contribution < 1.29 is 0 Å². The summed E-state index contributed by atoms with van der Waals surface area (Å²) in [6.45, 7) is 2.27. The van der Waals surface area contributed by atoms with Gasteiger partial charge in [0, 0.05) is 8.95 Å². The molecule has 3 rings (SSSR count). The van der Waals surface area contributed by atoms with E-state index in [9.17, 15) is 0 Å². The van der Waals surface area contributed by atoms with Gasteiger partial charge >= 0.3 is 0 Å². The second-order valence-corrected chi connectivity index (χ2v) is 8.37. The predicted octanol–water partition coefficient (Wildman–Crippen LogP) is 5.89. The molecule has 2 aromatic carbocycles. The Bertz CT molecular complexity index is 564. The first-order valence-corrected chi connectivity index (χ1v) is 7.96. The van der Waals surface area contributed by atoms with Crippen LogP contribution in [0.4, 0.5) is 0 Å². The first kappa shape index (κ1) is 12.2. The summed E-state index contributed by atoms with van der Waals surface area (Å²) in [5.41, 5.74) is 5.49. The van der Waals surface area contributed by atoms with Gasteiger partial charge in [0.2, 0.25) is 0 Å². The van der Waals surface area contributed by atoms with Gasteiger partial charge in [0.05, 0.1) is 3.42 Å². The maximum absolute atomic E-state index is 3.56. The summed E-state index contributed by atoms with van der Waals surface area (Å²) in [4.78, 5) is 0. The fourth-order valence-electron chi connectivity index (χ4n) is 2.42. The molecule has 0 aromatic heterocycles. The molecular weight excluding hydrogens is 455 g/mol. The molecule has 0 spiro atoms. The van der Waals surface area contributed by atoms with Crippen molar-refractivity contribution in [2.24, 2.45) is 0 Å².